The number of imidazole rings is 2. The number of likely N-dealkylation sites (N-methyl/N-ethyl adjacent to an activating group) is 1. The number of rotatable bonds is 11. The zero-order valence-corrected chi connectivity index (χ0v) is 34.9. The summed E-state index contributed by atoms with van der Waals surface area (Å²) in [5.74, 6) is 1.10. The summed E-state index contributed by atoms with van der Waals surface area (Å²) in [6.07, 6.45) is 10.9. The highest BCUT2D eigenvalue weighted by Crippen LogP contribution is 2.34. The van der Waals surface area contributed by atoms with E-state index in [9.17, 15) is 14.4 Å². The van der Waals surface area contributed by atoms with Gasteiger partial charge in [-0.3, -0.25) is 14.5 Å². The SMILES string of the molecule is CN(C)[C@@H](C(=O)N1CC=C[C@H]1c1ncc(-c2ccc(-c3ccc(-c4cnc([C@@H]5C=CCN5C(=O)[C@H](NC(=O)OC(C)(C)C)c5ccccc5)[nH]4)cc3)cc2)[nH]1)c1ccccc1. The number of H-pyrrole nitrogens is 2. The molecule has 8 rings (SSSR count). The number of amides is 3. The van der Waals surface area contributed by atoms with Crippen molar-refractivity contribution in [3.05, 3.63) is 169 Å². The second-order valence-electron chi connectivity index (χ2n) is 16.5. The number of nitrogens with zero attached hydrogens (tertiary/aromatic N) is 5. The second kappa shape index (κ2) is 17.3. The van der Waals surface area contributed by atoms with Crippen LogP contribution in [0.2, 0.25) is 0 Å². The van der Waals surface area contributed by atoms with Gasteiger partial charge in [-0.25, -0.2) is 14.8 Å². The molecule has 12 heteroatoms. The first-order chi connectivity index (χ1) is 29.4. The van der Waals surface area contributed by atoms with E-state index in [1.54, 1.807) is 31.9 Å². The van der Waals surface area contributed by atoms with Gasteiger partial charge in [0.15, 0.2) is 0 Å². The molecule has 0 saturated carbocycles. The number of alkyl carbamates (subject to hydrolysis) is 1. The fourth-order valence-corrected chi connectivity index (χ4v) is 7.90. The first-order valence-corrected chi connectivity index (χ1v) is 20.4. The highest BCUT2D eigenvalue weighted by Gasteiger charge is 2.36. The van der Waals surface area contributed by atoms with Gasteiger partial charge in [0.25, 0.3) is 5.91 Å². The van der Waals surface area contributed by atoms with Crippen molar-refractivity contribution in [2.24, 2.45) is 0 Å². The van der Waals surface area contributed by atoms with Crippen molar-refractivity contribution in [3.8, 4) is 33.6 Å². The average Bonchev–Trinajstić information content (AvgIpc) is 4.10. The molecule has 0 bridgehead atoms. The normalized spacial score (nSPS) is 17.1. The van der Waals surface area contributed by atoms with Gasteiger partial charge in [0.1, 0.15) is 41.4 Å². The van der Waals surface area contributed by atoms with E-state index in [0.717, 1.165) is 45.0 Å². The van der Waals surface area contributed by atoms with Crippen molar-refractivity contribution in [1.82, 2.24) is 40.0 Å². The Bertz CT molecular complexity index is 2540. The third-order valence-corrected chi connectivity index (χ3v) is 10.9. The predicted octanol–water partition coefficient (Wildman–Crippen LogP) is 8.58. The summed E-state index contributed by atoms with van der Waals surface area (Å²) >= 11 is 0. The van der Waals surface area contributed by atoms with Gasteiger partial charge in [-0.1, -0.05) is 133 Å². The van der Waals surface area contributed by atoms with Gasteiger partial charge in [0.05, 0.1) is 23.8 Å². The molecule has 3 N–H and O–H groups in total. The van der Waals surface area contributed by atoms with Crippen molar-refractivity contribution in [2.45, 2.75) is 50.5 Å². The van der Waals surface area contributed by atoms with Crippen LogP contribution in [0.1, 0.15) is 67.7 Å². The molecule has 4 atom stereocenters. The van der Waals surface area contributed by atoms with Crippen molar-refractivity contribution in [3.63, 3.8) is 0 Å². The number of ether oxygens (including phenoxy) is 1. The molecule has 12 nitrogen and oxygen atoms in total. The Balaban J connectivity index is 0.928. The first kappa shape index (κ1) is 40.7. The van der Waals surface area contributed by atoms with E-state index in [4.69, 9.17) is 9.72 Å². The molecule has 2 aliphatic heterocycles. The number of carbonyl (C=O) groups excluding carboxylic acids is 3. The van der Waals surface area contributed by atoms with Crippen molar-refractivity contribution >= 4 is 17.9 Å². The molecule has 4 heterocycles. The maximum atomic E-state index is 14.1. The lowest BCUT2D eigenvalue weighted by Gasteiger charge is -2.31. The van der Waals surface area contributed by atoms with Gasteiger partial charge in [0, 0.05) is 13.1 Å². The molecule has 4 aromatic carbocycles. The summed E-state index contributed by atoms with van der Waals surface area (Å²) < 4.78 is 5.50. The van der Waals surface area contributed by atoms with E-state index in [1.165, 1.54) is 0 Å². The summed E-state index contributed by atoms with van der Waals surface area (Å²) in [7, 11) is 3.86. The third kappa shape index (κ3) is 8.95. The van der Waals surface area contributed by atoms with Crippen LogP contribution in [-0.4, -0.2) is 85.3 Å². The molecule has 61 heavy (non-hydrogen) atoms. The lowest BCUT2D eigenvalue weighted by atomic mass is 10.0. The van der Waals surface area contributed by atoms with Crippen LogP contribution in [0.15, 0.2) is 146 Å². The van der Waals surface area contributed by atoms with Gasteiger partial charge in [-0.15, -0.1) is 0 Å². The Hall–Kier alpha value is -7.05. The maximum Gasteiger partial charge on any atom is 0.408 e. The Morgan fingerprint density at radius 3 is 1.56 bits per heavy atom. The van der Waals surface area contributed by atoms with E-state index < -0.39 is 29.8 Å². The van der Waals surface area contributed by atoms with E-state index >= 15 is 0 Å². The van der Waals surface area contributed by atoms with Gasteiger partial charge < -0.3 is 29.8 Å². The summed E-state index contributed by atoms with van der Waals surface area (Å²) in [6.45, 7) is 6.25. The third-order valence-electron chi connectivity index (χ3n) is 10.9. The smallest absolute Gasteiger partial charge is 0.408 e. The number of aromatic amines is 2. The summed E-state index contributed by atoms with van der Waals surface area (Å²) in [4.78, 5) is 62.7. The molecule has 0 radical (unpaired) electrons. The summed E-state index contributed by atoms with van der Waals surface area (Å²) in [6, 6.07) is 33.5. The summed E-state index contributed by atoms with van der Waals surface area (Å²) in [5.41, 5.74) is 6.65. The zero-order chi connectivity index (χ0) is 42.7. The molecule has 6 aromatic rings. The number of hydrogen-bond donors (Lipinski definition) is 3. The molecular weight excluding hydrogens is 765 g/mol. The van der Waals surface area contributed by atoms with Crippen molar-refractivity contribution in [1.29, 1.82) is 0 Å². The minimum atomic E-state index is -0.939. The molecule has 0 fully saturated rings. The van der Waals surface area contributed by atoms with Crippen molar-refractivity contribution in [2.75, 3.05) is 27.2 Å². The molecule has 2 aliphatic rings. The lowest BCUT2D eigenvalue weighted by molar-refractivity contribution is -0.137. The van der Waals surface area contributed by atoms with Crippen molar-refractivity contribution < 1.29 is 19.1 Å². The van der Waals surface area contributed by atoms with Gasteiger partial charge in [-0.2, -0.15) is 0 Å². The van der Waals surface area contributed by atoms with Gasteiger partial charge in [-0.05, 0) is 68.2 Å². The Morgan fingerprint density at radius 2 is 1.10 bits per heavy atom. The van der Waals surface area contributed by atoms with Crippen LogP contribution < -0.4 is 5.32 Å². The fraction of sp³-hybridized carbons (Fsp3) is 0.245. The molecule has 0 aliphatic carbocycles. The number of nitrogens with one attached hydrogen (secondary N) is 3. The number of aromatic nitrogens is 4. The second-order valence-corrected chi connectivity index (χ2v) is 16.5. The maximum absolute atomic E-state index is 14.1. The van der Waals surface area contributed by atoms with Crippen LogP contribution in [0, 0.1) is 0 Å². The Morgan fingerprint density at radius 1 is 0.656 bits per heavy atom. The fourth-order valence-electron chi connectivity index (χ4n) is 7.90. The topological polar surface area (TPSA) is 140 Å². The molecular formula is C49H50N8O4. The van der Waals surface area contributed by atoms with E-state index in [0.29, 0.717) is 24.5 Å². The number of hydrogen-bond acceptors (Lipinski definition) is 7. The average molecular weight is 815 g/mol. The standard InChI is InChI=1S/C49H50N8O4/c1-49(2,3)61-48(60)54-42(36-14-8-6-9-15-36)46(58)56-28-12-18-40(56)44-50-30-38(52-44)34-24-20-32(21-25-34)33-22-26-35(27-23-33)39-31-51-45(53-39)41-19-13-29-57(41)47(59)43(55(4)5)37-16-10-7-11-17-37/h6-27,30-31,40-43H,28-29H2,1-5H3,(H,50,52)(H,51,53)(H,54,60)/t40-,41-,42+,43+/m0/s1. The van der Waals surface area contributed by atoms with Crippen LogP contribution in [0.3, 0.4) is 0 Å². The first-order valence-electron chi connectivity index (χ1n) is 20.4. The summed E-state index contributed by atoms with van der Waals surface area (Å²) in [5, 5.41) is 2.80. The Labute approximate surface area is 356 Å². The van der Waals surface area contributed by atoms with Crippen LogP contribution in [0.25, 0.3) is 33.6 Å². The minimum Gasteiger partial charge on any atom is -0.444 e. The van der Waals surface area contributed by atoms with E-state index in [1.807, 2.05) is 127 Å². The van der Waals surface area contributed by atoms with E-state index in [-0.39, 0.29) is 17.9 Å². The predicted molar refractivity (Wildman–Crippen MR) is 236 cm³/mol. The Kier molecular flexibility index (Phi) is 11.5. The van der Waals surface area contributed by atoms with Gasteiger partial charge >= 0.3 is 6.09 Å². The van der Waals surface area contributed by atoms with Crippen LogP contribution in [-0.2, 0) is 14.3 Å². The molecule has 2 aromatic heterocycles. The van der Waals surface area contributed by atoms with Crippen LogP contribution >= 0.6 is 0 Å². The van der Waals surface area contributed by atoms with Crippen LogP contribution in [0.5, 0.6) is 0 Å². The lowest BCUT2D eigenvalue weighted by Crippen LogP contribution is -2.44. The molecule has 310 valence electrons. The van der Waals surface area contributed by atoms with Crippen LogP contribution in [0.4, 0.5) is 4.79 Å². The zero-order valence-electron chi connectivity index (χ0n) is 34.9. The molecule has 0 spiro atoms. The number of benzene rings is 4. The number of carbonyl (C=O) groups is 3. The highest BCUT2D eigenvalue weighted by molar-refractivity contribution is 5.88. The van der Waals surface area contributed by atoms with Gasteiger partial charge in [0.2, 0.25) is 5.91 Å². The monoisotopic (exact) mass is 814 g/mol. The highest BCUT2D eigenvalue weighted by atomic mass is 16.6. The quantitative estimate of drug-likeness (QED) is 0.111. The van der Waals surface area contributed by atoms with E-state index in [2.05, 4.69) is 56.7 Å². The molecule has 3 amide bonds. The minimum absolute atomic E-state index is 0.0281. The molecule has 0 unspecified atom stereocenters. The largest absolute Gasteiger partial charge is 0.444 e. The molecule has 0 saturated heterocycles.